The Morgan fingerprint density at radius 2 is 0.615 bits per heavy atom. The second-order valence-electron chi connectivity index (χ2n) is 17.6. The summed E-state index contributed by atoms with van der Waals surface area (Å²) in [7, 11) is 0. The Morgan fingerprint density at radius 1 is 0.327 bits per heavy atom. The normalized spacial score (nSPS) is 12.7. The highest BCUT2D eigenvalue weighted by atomic mass is 15.0. The van der Waals surface area contributed by atoms with Gasteiger partial charge < -0.3 is 9.13 Å². The standard InChI is InChI=1S/C50H60N2/c1-27(2)35-21-37(29(5)6)49(38(22-35)30(7)8)51-45-17-15-33(13)19-41(45)43-26-48-44(25-47(43)51)42-20-34(14)16-18-46(42)52(48)50-39(31(9)10)23-36(28(3)4)24-40(50)32(11)12/h15-32H,1-14H3. The summed E-state index contributed by atoms with van der Waals surface area (Å²) in [6.45, 7) is 32.7. The highest BCUT2D eigenvalue weighted by Crippen LogP contribution is 2.45. The molecule has 2 nitrogen and oxygen atoms in total. The first-order chi connectivity index (χ1) is 24.6. The van der Waals surface area contributed by atoms with E-state index in [0.717, 1.165) is 0 Å². The van der Waals surface area contributed by atoms with Gasteiger partial charge in [-0.15, -0.1) is 0 Å². The smallest absolute Gasteiger partial charge is 0.0549 e. The van der Waals surface area contributed by atoms with Crippen molar-refractivity contribution in [3.63, 3.8) is 0 Å². The average Bonchev–Trinajstić information content (AvgIpc) is 3.56. The van der Waals surface area contributed by atoms with Crippen molar-refractivity contribution in [1.29, 1.82) is 0 Å². The monoisotopic (exact) mass is 688 g/mol. The Labute approximate surface area is 312 Å². The molecule has 0 N–H and O–H groups in total. The number of aromatic nitrogens is 2. The number of benzene rings is 5. The van der Waals surface area contributed by atoms with Crippen molar-refractivity contribution in [1.82, 2.24) is 9.13 Å². The zero-order chi connectivity index (χ0) is 37.5. The van der Waals surface area contributed by atoms with Gasteiger partial charge in [0.2, 0.25) is 0 Å². The number of rotatable bonds is 8. The zero-order valence-corrected chi connectivity index (χ0v) is 34.3. The predicted molar refractivity (Wildman–Crippen MR) is 229 cm³/mol. The summed E-state index contributed by atoms with van der Waals surface area (Å²) in [6.07, 6.45) is 0. The van der Waals surface area contributed by atoms with Gasteiger partial charge in [0.05, 0.1) is 33.4 Å². The van der Waals surface area contributed by atoms with Crippen LogP contribution in [0.4, 0.5) is 0 Å². The number of aryl methyl sites for hydroxylation is 2. The summed E-state index contributed by atoms with van der Waals surface area (Å²) in [4.78, 5) is 0. The van der Waals surface area contributed by atoms with E-state index in [1.54, 1.807) is 0 Å². The fraction of sp³-hybridized carbons (Fsp3) is 0.400. The van der Waals surface area contributed by atoms with Gasteiger partial charge in [0.15, 0.2) is 0 Å². The van der Waals surface area contributed by atoms with Gasteiger partial charge in [0.25, 0.3) is 0 Å². The van der Waals surface area contributed by atoms with Crippen molar-refractivity contribution in [3.8, 4) is 11.4 Å². The van der Waals surface area contributed by atoms with E-state index < -0.39 is 0 Å². The molecule has 0 amide bonds. The van der Waals surface area contributed by atoms with Crippen molar-refractivity contribution in [2.75, 3.05) is 0 Å². The molecule has 0 radical (unpaired) electrons. The SMILES string of the molecule is Cc1ccc2c(c1)c1cc3c(cc1n2-c1c(C(C)C)cc(C(C)C)cc1C(C)C)c1cc(C)ccc1n3-c1c(C(C)C)cc(C(C)C)cc1C(C)C. The molecule has 270 valence electrons. The maximum Gasteiger partial charge on any atom is 0.0549 e. The van der Waals surface area contributed by atoms with Crippen LogP contribution >= 0.6 is 0 Å². The lowest BCUT2D eigenvalue weighted by atomic mass is 9.87. The minimum Gasteiger partial charge on any atom is -0.309 e. The summed E-state index contributed by atoms with van der Waals surface area (Å²) in [5.74, 6) is 2.48. The lowest BCUT2D eigenvalue weighted by Crippen LogP contribution is -2.09. The van der Waals surface area contributed by atoms with Crippen LogP contribution in [-0.4, -0.2) is 9.13 Å². The van der Waals surface area contributed by atoms with Gasteiger partial charge in [0.1, 0.15) is 0 Å². The molecule has 0 saturated carbocycles. The molecule has 2 heteroatoms. The van der Waals surface area contributed by atoms with Gasteiger partial charge in [-0.1, -0.05) is 131 Å². The highest BCUT2D eigenvalue weighted by molar-refractivity contribution is 6.19. The summed E-state index contributed by atoms with van der Waals surface area (Å²) in [5.41, 5.74) is 19.1. The number of fused-ring (bicyclic) bond motifs is 6. The topological polar surface area (TPSA) is 9.86 Å². The summed E-state index contributed by atoms with van der Waals surface area (Å²) >= 11 is 0. The molecule has 0 saturated heterocycles. The zero-order valence-electron chi connectivity index (χ0n) is 34.3. The Bertz CT molecular complexity index is 2250. The van der Waals surface area contributed by atoms with Crippen molar-refractivity contribution in [2.45, 2.75) is 132 Å². The Morgan fingerprint density at radius 3 is 0.885 bits per heavy atom. The first-order valence-electron chi connectivity index (χ1n) is 19.9. The van der Waals surface area contributed by atoms with Gasteiger partial charge in [-0.05, 0) is 119 Å². The minimum absolute atomic E-state index is 0.384. The molecule has 7 rings (SSSR count). The second kappa shape index (κ2) is 13.3. The Kier molecular flexibility index (Phi) is 9.21. The van der Waals surface area contributed by atoms with Crippen LogP contribution in [0.1, 0.15) is 163 Å². The molecule has 2 heterocycles. The van der Waals surface area contributed by atoms with E-state index in [9.17, 15) is 0 Å². The maximum atomic E-state index is 2.63. The van der Waals surface area contributed by atoms with Crippen molar-refractivity contribution >= 4 is 43.6 Å². The lowest BCUT2D eigenvalue weighted by molar-refractivity contribution is 0.790. The first-order valence-corrected chi connectivity index (χ1v) is 19.9. The number of hydrogen-bond acceptors (Lipinski definition) is 0. The average molecular weight is 689 g/mol. The molecule has 2 aromatic heterocycles. The highest BCUT2D eigenvalue weighted by Gasteiger charge is 2.26. The quantitative estimate of drug-likeness (QED) is 0.150. The van der Waals surface area contributed by atoms with Crippen LogP contribution in [0.2, 0.25) is 0 Å². The fourth-order valence-electron chi connectivity index (χ4n) is 8.59. The lowest BCUT2D eigenvalue weighted by Gasteiger charge is -2.25. The third-order valence-electron chi connectivity index (χ3n) is 11.6. The maximum absolute atomic E-state index is 2.63. The first kappa shape index (κ1) is 36.1. The van der Waals surface area contributed by atoms with Crippen LogP contribution in [0.25, 0.3) is 55.0 Å². The Hall–Kier alpha value is -4.30. The molecule has 0 atom stereocenters. The van der Waals surface area contributed by atoms with Gasteiger partial charge in [0, 0.05) is 21.5 Å². The van der Waals surface area contributed by atoms with Crippen LogP contribution in [0.3, 0.4) is 0 Å². The van der Waals surface area contributed by atoms with E-state index in [1.807, 2.05) is 0 Å². The van der Waals surface area contributed by atoms with E-state index in [2.05, 4.69) is 179 Å². The van der Waals surface area contributed by atoms with E-state index >= 15 is 0 Å². The van der Waals surface area contributed by atoms with E-state index in [1.165, 1.54) is 99.5 Å². The van der Waals surface area contributed by atoms with Crippen LogP contribution in [0.15, 0.2) is 72.8 Å². The molecule has 0 fully saturated rings. The van der Waals surface area contributed by atoms with E-state index in [4.69, 9.17) is 0 Å². The predicted octanol–water partition coefficient (Wildman–Crippen LogP) is 15.2. The number of nitrogens with zero attached hydrogens (tertiary/aromatic N) is 2. The summed E-state index contributed by atoms with van der Waals surface area (Å²) in [6, 6.07) is 29.2. The van der Waals surface area contributed by atoms with Gasteiger partial charge in [-0.2, -0.15) is 0 Å². The molecular formula is C50H60N2. The molecule has 52 heavy (non-hydrogen) atoms. The third kappa shape index (κ3) is 5.78. The molecule has 0 aliphatic carbocycles. The van der Waals surface area contributed by atoms with Crippen molar-refractivity contribution in [2.24, 2.45) is 0 Å². The van der Waals surface area contributed by atoms with Gasteiger partial charge in [-0.3, -0.25) is 0 Å². The molecule has 0 aliphatic heterocycles. The van der Waals surface area contributed by atoms with Gasteiger partial charge >= 0.3 is 0 Å². The molecule has 0 unspecified atom stereocenters. The van der Waals surface area contributed by atoms with Gasteiger partial charge in [-0.25, -0.2) is 0 Å². The molecule has 7 aromatic rings. The van der Waals surface area contributed by atoms with Crippen LogP contribution in [0.5, 0.6) is 0 Å². The Balaban J connectivity index is 1.71. The largest absolute Gasteiger partial charge is 0.309 e. The summed E-state index contributed by atoms with van der Waals surface area (Å²) < 4.78 is 5.27. The number of hydrogen-bond donors (Lipinski definition) is 0. The second-order valence-corrected chi connectivity index (χ2v) is 17.6. The molecule has 0 bridgehead atoms. The van der Waals surface area contributed by atoms with Crippen LogP contribution in [-0.2, 0) is 0 Å². The fourth-order valence-corrected chi connectivity index (χ4v) is 8.59. The molecule has 5 aromatic carbocycles. The van der Waals surface area contributed by atoms with E-state index in [-0.39, 0.29) is 0 Å². The van der Waals surface area contributed by atoms with Crippen LogP contribution < -0.4 is 0 Å². The molecular weight excluding hydrogens is 629 g/mol. The van der Waals surface area contributed by atoms with Crippen molar-refractivity contribution < 1.29 is 0 Å². The third-order valence-corrected chi connectivity index (χ3v) is 11.6. The van der Waals surface area contributed by atoms with E-state index in [0.29, 0.717) is 35.5 Å². The van der Waals surface area contributed by atoms with Crippen LogP contribution in [0, 0.1) is 13.8 Å². The minimum atomic E-state index is 0.384. The molecule has 0 spiro atoms. The van der Waals surface area contributed by atoms with Crippen molar-refractivity contribution in [3.05, 3.63) is 117 Å². The molecule has 0 aliphatic rings. The summed E-state index contributed by atoms with van der Waals surface area (Å²) in [5, 5.41) is 5.29.